The van der Waals surface area contributed by atoms with Gasteiger partial charge >= 0.3 is 30.0 Å². The third-order valence-corrected chi connectivity index (χ3v) is 1.61. The van der Waals surface area contributed by atoms with E-state index in [1.807, 2.05) is 0 Å². The van der Waals surface area contributed by atoms with Crippen LogP contribution in [0.5, 0.6) is 0 Å². The smallest absolute Gasteiger partial charge is 0.450 e. The minimum Gasteiger partial charge on any atom is -0.450 e. The van der Waals surface area contributed by atoms with Crippen molar-refractivity contribution in [2.75, 3.05) is 13.2 Å². The lowest BCUT2D eigenvalue weighted by atomic mass is 10.3. The molecule has 0 aromatic rings. The molecule has 19 heavy (non-hydrogen) atoms. The highest BCUT2D eigenvalue weighted by molar-refractivity contribution is 6.13. The topological polar surface area (TPSA) is 139 Å². The fourth-order valence-corrected chi connectivity index (χ4v) is 0.896. The Morgan fingerprint density at radius 1 is 1.00 bits per heavy atom. The van der Waals surface area contributed by atoms with E-state index in [2.05, 4.69) is 14.4 Å². The Labute approximate surface area is 108 Å². The second-order valence-corrected chi connectivity index (χ2v) is 2.94. The Morgan fingerprint density at radius 2 is 1.37 bits per heavy atom. The Hall–Kier alpha value is -2.70. The Balaban J connectivity index is 4.52. The molecule has 104 valence electrons. The van der Waals surface area contributed by atoms with Crippen molar-refractivity contribution in [3.05, 3.63) is 4.98 Å². The highest BCUT2D eigenvalue weighted by atomic mass is 16.6. The predicted molar refractivity (Wildman–Crippen MR) is 59.2 cm³/mol. The van der Waals surface area contributed by atoms with Gasteiger partial charge < -0.3 is 9.47 Å². The molecule has 0 unspecified atom stereocenters. The Kier molecular flexibility index (Phi) is 7.21. The molecule has 0 heterocycles. The molecule has 4 amide bonds. The quantitative estimate of drug-likeness (QED) is 0.531. The molecule has 0 aromatic heterocycles. The molecule has 0 aromatic carbocycles. The van der Waals surface area contributed by atoms with Crippen LogP contribution in [-0.4, -0.2) is 43.3 Å². The summed E-state index contributed by atoms with van der Waals surface area (Å²) in [5.74, 6) is -2.49. The fourth-order valence-electron chi connectivity index (χ4n) is 0.896. The molecule has 0 spiro atoms. The number of hydrogen-bond donors (Lipinski definition) is 2. The maximum atomic E-state index is 11.4. The summed E-state index contributed by atoms with van der Waals surface area (Å²) in [6.07, 6.45) is -2.21. The van der Waals surface area contributed by atoms with Gasteiger partial charge in [-0.3, -0.25) is 20.2 Å². The molecule has 0 fully saturated rings. The fraction of sp³-hybridized carbons (Fsp3) is 0.556. The summed E-state index contributed by atoms with van der Waals surface area (Å²) < 4.78 is 8.78. The van der Waals surface area contributed by atoms with Crippen LogP contribution in [0.4, 0.5) is 9.59 Å². The standard InChI is InChI=1S/C9H12N4O6/c1-3-18-8(16)11-6(14)5(13-10)7(15)12-9(17)19-4-2/h5H,3-4H2,1-2H3,(H-,11,12,14,15,16,17)/p+1. The zero-order valence-corrected chi connectivity index (χ0v) is 10.3. The van der Waals surface area contributed by atoms with Gasteiger partial charge in [-0.2, -0.15) is 0 Å². The number of nitrogens with zero attached hydrogens (tertiary/aromatic N) is 2. The summed E-state index contributed by atoms with van der Waals surface area (Å²) in [6.45, 7) is 3.03. The molecule has 10 nitrogen and oxygen atoms in total. The maximum Gasteiger partial charge on any atom is 0.467 e. The van der Waals surface area contributed by atoms with Crippen molar-refractivity contribution in [2.45, 2.75) is 19.9 Å². The molecule has 0 aliphatic rings. The van der Waals surface area contributed by atoms with E-state index in [9.17, 15) is 19.2 Å². The molecule has 0 saturated carbocycles. The van der Waals surface area contributed by atoms with Crippen LogP contribution in [0, 0.1) is 5.39 Å². The lowest BCUT2D eigenvalue weighted by molar-refractivity contribution is -0.129. The van der Waals surface area contributed by atoms with E-state index in [4.69, 9.17) is 5.39 Å². The zero-order chi connectivity index (χ0) is 14.8. The largest absolute Gasteiger partial charge is 0.467 e. The number of diazo groups is 1. The SMILES string of the molecule is CCOC(=O)NC(=O)C([N+]#N)C(=O)NC(=O)OCC. The van der Waals surface area contributed by atoms with E-state index in [1.54, 1.807) is 10.6 Å². The first-order chi connectivity index (χ1) is 8.96. The third kappa shape index (κ3) is 5.97. The lowest BCUT2D eigenvalue weighted by Gasteiger charge is -2.04. The molecule has 0 rings (SSSR count). The van der Waals surface area contributed by atoms with Crippen LogP contribution < -0.4 is 10.6 Å². The molecular formula is C9H13N4O6+. The Bertz CT molecular complexity index is 383. The molecule has 0 aliphatic carbocycles. The first kappa shape index (κ1) is 16.3. The number of ether oxygens (including phenoxy) is 2. The second kappa shape index (κ2) is 8.40. The molecule has 0 bridgehead atoms. The molecular weight excluding hydrogens is 260 g/mol. The normalized spacial score (nSPS) is 9.16. The molecule has 2 N–H and O–H groups in total. The molecule has 0 saturated heterocycles. The van der Waals surface area contributed by atoms with E-state index < -0.39 is 30.0 Å². The van der Waals surface area contributed by atoms with Gasteiger partial charge in [0.2, 0.25) is 5.39 Å². The zero-order valence-electron chi connectivity index (χ0n) is 10.3. The average molecular weight is 273 g/mol. The van der Waals surface area contributed by atoms with Crippen LogP contribution in [0.1, 0.15) is 13.8 Å². The summed E-state index contributed by atoms with van der Waals surface area (Å²) in [7, 11) is 0. The monoisotopic (exact) mass is 273 g/mol. The number of carbonyl (C=O) groups excluding carboxylic acids is 4. The summed E-state index contributed by atoms with van der Waals surface area (Å²) in [5, 5.41) is 11.9. The summed E-state index contributed by atoms with van der Waals surface area (Å²) >= 11 is 0. The molecule has 0 aliphatic heterocycles. The number of alkyl carbamates (subject to hydrolysis) is 2. The maximum absolute atomic E-state index is 11.4. The highest BCUT2D eigenvalue weighted by Crippen LogP contribution is 1.93. The second-order valence-electron chi connectivity index (χ2n) is 2.94. The van der Waals surface area contributed by atoms with Crippen LogP contribution in [-0.2, 0) is 19.1 Å². The van der Waals surface area contributed by atoms with Gasteiger partial charge in [-0.05, 0) is 13.8 Å². The predicted octanol–water partition coefficient (Wildman–Crippen LogP) is -0.247. The van der Waals surface area contributed by atoms with Crippen molar-refractivity contribution >= 4 is 24.0 Å². The van der Waals surface area contributed by atoms with Crippen molar-refractivity contribution in [1.82, 2.24) is 10.6 Å². The van der Waals surface area contributed by atoms with E-state index in [0.29, 0.717) is 0 Å². The van der Waals surface area contributed by atoms with Gasteiger partial charge in [0.15, 0.2) is 0 Å². The van der Waals surface area contributed by atoms with Gasteiger partial charge in [0, 0.05) is 0 Å². The van der Waals surface area contributed by atoms with E-state index in [-0.39, 0.29) is 13.2 Å². The van der Waals surface area contributed by atoms with Gasteiger partial charge in [0.1, 0.15) is 4.98 Å². The first-order valence-electron chi connectivity index (χ1n) is 5.25. The van der Waals surface area contributed by atoms with Gasteiger partial charge in [0.05, 0.1) is 13.2 Å². The van der Waals surface area contributed by atoms with Crippen molar-refractivity contribution in [1.29, 1.82) is 5.39 Å². The first-order valence-corrected chi connectivity index (χ1v) is 5.25. The van der Waals surface area contributed by atoms with Crippen LogP contribution >= 0.6 is 0 Å². The minimum atomic E-state index is -1.99. The number of carbonyl (C=O) groups is 4. The molecule has 10 heteroatoms. The van der Waals surface area contributed by atoms with Crippen LogP contribution in [0.2, 0.25) is 0 Å². The van der Waals surface area contributed by atoms with Crippen molar-refractivity contribution in [3.8, 4) is 0 Å². The summed E-state index contributed by atoms with van der Waals surface area (Å²) in [6, 6.07) is -1.99. The minimum absolute atomic E-state index is 0.00900. The third-order valence-electron chi connectivity index (χ3n) is 1.61. The highest BCUT2D eigenvalue weighted by Gasteiger charge is 2.41. The lowest BCUT2D eigenvalue weighted by Crippen LogP contribution is -2.47. The van der Waals surface area contributed by atoms with Gasteiger partial charge in [-0.15, -0.1) is 0 Å². The van der Waals surface area contributed by atoms with Crippen LogP contribution in [0.3, 0.4) is 0 Å². The molecule has 0 radical (unpaired) electrons. The summed E-state index contributed by atoms with van der Waals surface area (Å²) in [4.78, 5) is 47.0. The van der Waals surface area contributed by atoms with Crippen LogP contribution in [0.15, 0.2) is 0 Å². The van der Waals surface area contributed by atoms with Gasteiger partial charge in [0.25, 0.3) is 0 Å². The van der Waals surface area contributed by atoms with Crippen molar-refractivity contribution in [2.24, 2.45) is 0 Å². The Morgan fingerprint density at radius 3 is 1.63 bits per heavy atom. The summed E-state index contributed by atoms with van der Waals surface area (Å²) in [5.41, 5.74) is 0. The van der Waals surface area contributed by atoms with Crippen LogP contribution in [0.25, 0.3) is 4.98 Å². The van der Waals surface area contributed by atoms with Gasteiger partial charge in [-0.25, -0.2) is 9.59 Å². The number of imide groups is 2. The molecule has 0 atom stereocenters. The number of hydrogen-bond acceptors (Lipinski definition) is 7. The average Bonchev–Trinajstić information content (AvgIpc) is 2.29. The van der Waals surface area contributed by atoms with E-state index >= 15 is 0 Å². The van der Waals surface area contributed by atoms with Crippen molar-refractivity contribution in [3.63, 3.8) is 0 Å². The van der Waals surface area contributed by atoms with Crippen molar-refractivity contribution < 1.29 is 28.7 Å². The number of rotatable bonds is 4. The van der Waals surface area contributed by atoms with E-state index in [0.717, 1.165) is 0 Å². The number of nitrogens with one attached hydrogen (secondary N) is 2. The van der Waals surface area contributed by atoms with E-state index in [1.165, 1.54) is 13.8 Å². The van der Waals surface area contributed by atoms with Gasteiger partial charge in [-0.1, -0.05) is 0 Å². The number of amides is 4.